The molecular formula is C38H44ClN3O7. The molecule has 1 spiro atoms. The van der Waals surface area contributed by atoms with Gasteiger partial charge in [0.1, 0.15) is 23.7 Å². The van der Waals surface area contributed by atoms with Crippen LogP contribution < -0.4 is 4.90 Å². The molecule has 11 heteroatoms. The van der Waals surface area contributed by atoms with Crippen LogP contribution in [0, 0.1) is 18.8 Å². The number of likely N-dealkylation sites (tertiary alicyclic amines) is 1. The summed E-state index contributed by atoms with van der Waals surface area (Å²) in [6.45, 7) is 4.20. The Hall–Kier alpha value is -3.99. The van der Waals surface area contributed by atoms with E-state index in [-0.39, 0.29) is 43.8 Å². The minimum absolute atomic E-state index is 0.0258. The first-order valence-corrected chi connectivity index (χ1v) is 17.5. The van der Waals surface area contributed by atoms with Gasteiger partial charge in [0.25, 0.3) is 5.91 Å². The summed E-state index contributed by atoms with van der Waals surface area (Å²) >= 11 is 6.68. The molecule has 0 aliphatic carbocycles. The number of cyclic esters (lactones) is 1. The number of anilines is 1. The molecule has 6 rings (SSSR count). The molecule has 4 aliphatic rings. The highest BCUT2D eigenvalue weighted by atomic mass is 35.5. The van der Waals surface area contributed by atoms with E-state index < -0.39 is 47.7 Å². The molecule has 7 atom stereocenters. The molecule has 2 aromatic carbocycles. The summed E-state index contributed by atoms with van der Waals surface area (Å²) in [5.74, 6) is -3.52. The summed E-state index contributed by atoms with van der Waals surface area (Å²) in [7, 11) is 1.71. The molecule has 0 bridgehead atoms. The maximum Gasteiger partial charge on any atom is 0.313 e. The Balaban J connectivity index is 1.44. The van der Waals surface area contributed by atoms with E-state index in [0.717, 1.165) is 11.1 Å². The van der Waals surface area contributed by atoms with Crippen molar-refractivity contribution in [3.8, 4) is 0 Å². The Morgan fingerprint density at radius 2 is 1.76 bits per heavy atom. The summed E-state index contributed by atoms with van der Waals surface area (Å²) in [4.78, 5) is 62.0. The number of carbonyl (C=O) groups is 4. The van der Waals surface area contributed by atoms with Gasteiger partial charge in [0, 0.05) is 33.2 Å². The summed E-state index contributed by atoms with van der Waals surface area (Å²) in [6.07, 6.45) is 7.89. The fourth-order valence-electron chi connectivity index (χ4n) is 7.86. The average Bonchev–Trinajstić information content (AvgIpc) is 3.48. The van der Waals surface area contributed by atoms with Gasteiger partial charge in [-0.2, -0.15) is 0 Å². The largest absolute Gasteiger partial charge is 0.455 e. The normalized spacial score (nSPS) is 31.0. The van der Waals surface area contributed by atoms with E-state index in [1.807, 2.05) is 68.5 Å². The maximum atomic E-state index is 14.8. The zero-order chi connectivity index (χ0) is 34.9. The number of halogens is 1. The number of nitrogens with zero attached hydrogens (tertiary/aromatic N) is 3. The molecule has 3 amide bonds. The number of hydrogen-bond acceptors (Lipinski definition) is 7. The number of para-hydroxylation sites is 1. The van der Waals surface area contributed by atoms with Gasteiger partial charge < -0.3 is 29.3 Å². The van der Waals surface area contributed by atoms with E-state index >= 15 is 0 Å². The fourth-order valence-corrected chi connectivity index (χ4v) is 8.19. The van der Waals surface area contributed by atoms with Crippen LogP contribution in [0.4, 0.5) is 5.69 Å². The third-order valence-electron chi connectivity index (χ3n) is 10.4. The molecule has 10 nitrogen and oxygen atoms in total. The lowest BCUT2D eigenvalue weighted by Crippen LogP contribution is -2.55. The van der Waals surface area contributed by atoms with Crippen LogP contribution in [-0.2, 0) is 28.7 Å². The van der Waals surface area contributed by atoms with Crippen LogP contribution >= 0.6 is 11.6 Å². The van der Waals surface area contributed by atoms with Crippen LogP contribution in [0.15, 0.2) is 72.8 Å². The molecule has 0 aromatic heterocycles. The van der Waals surface area contributed by atoms with Gasteiger partial charge in [-0.1, -0.05) is 78.4 Å². The van der Waals surface area contributed by atoms with Gasteiger partial charge in [-0.3, -0.25) is 19.2 Å². The fraction of sp³-hybridized carbons (Fsp3) is 0.474. The first-order valence-electron chi connectivity index (χ1n) is 17.1. The number of aryl methyl sites for hydroxylation is 1. The number of aliphatic hydroxyl groups excluding tert-OH is 1. The monoisotopic (exact) mass is 689 g/mol. The van der Waals surface area contributed by atoms with Gasteiger partial charge in [0.05, 0.1) is 28.8 Å². The van der Waals surface area contributed by atoms with Crippen molar-refractivity contribution in [2.24, 2.45) is 11.8 Å². The van der Waals surface area contributed by atoms with Crippen molar-refractivity contribution in [2.75, 3.05) is 31.6 Å². The van der Waals surface area contributed by atoms with Crippen molar-refractivity contribution in [3.63, 3.8) is 0 Å². The second-order valence-corrected chi connectivity index (χ2v) is 13.8. The standard InChI is InChI=1S/C38H44ClN3O7/c1-24-14-12-17-27(39)32(24)41-22-13-20-38-31(35(45)42(34(38)36(41)46)21-10-5-11-23-43)30-28(49-38)18-8-9-19-29(44)40(3)25(2)33(48-37(30)47)26-15-6-4-7-16-26/h4,6-8,12-18,20,25,28,30-31,33-34,43H,5,9-11,19,21-23H2,1-3H3/b18-8-/t25-,28-,30+,31+,33+,34-,38+/m1/s1. The van der Waals surface area contributed by atoms with E-state index in [2.05, 4.69) is 0 Å². The molecule has 260 valence electrons. The predicted octanol–water partition coefficient (Wildman–Crippen LogP) is 4.78. The summed E-state index contributed by atoms with van der Waals surface area (Å²) in [6, 6.07) is 13.1. The number of rotatable bonds is 7. The number of carbonyl (C=O) groups excluding carboxylic acids is 4. The number of allylic oxidation sites excluding steroid dienone is 1. The number of unbranched alkanes of at least 4 members (excludes halogenated alkanes) is 2. The van der Waals surface area contributed by atoms with E-state index in [1.165, 1.54) is 0 Å². The summed E-state index contributed by atoms with van der Waals surface area (Å²) < 4.78 is 13.2. The number of aliphatic hydroxyl groups is 1. The van der Waals surface area contributed by atoms with Crippen LogP contribution in [0.1, 0.15) is 56.3 Å². The molecule has 49 heavy (non-hydrogen) atoms. The highest BCUT2D eigenvalue weighted by Gasteiger charge is 2.72. The van der Waals surface area contributed by atoms with Crippen molar-refractivity contribution in [1.82, 2.24) is 9.80 Å². The van der Waals surface area contributed by atoms with Gasteiger partial charge >= 0.3 is 5.97 Å². The molecular weight excluding hydrogens is 646 g/mol. The zero-order valence-electron chi connectivity index (χ0n) is 28.2. The van der Waals surface area contributed by atoms with Crippen molar-refractivity contribution in [2.45, 2.75) is 75.8 Å². The topological polar surface area (TPSA) is 117 Å². The maximum absolute atomic E-state index is 14.8. The highest BCUT2D eigenvalue weighted by molar-refractivity contribution is 6.34. The smallest absolute Gasteiger partial charge is 0.313 e. The number of ether oxygens (including phenoxy) is 2. The molecule has 0 saturated carbocycles. The molecule has 0 unspecified atom stereocenters. The third-order valence-corrected chi connectivity index (χ3v) is 10.8. The lowest BCUT2D eigenvalue weighted by atomic mass is 9.77. The molecule has 4 aliphatic heterocycles. The molecule has 1 N–H and O–H groups in total. The van der Waals surface area contributed by atoms with Gasteiger partial charge in [-0.15, -0.1) is 0 Å². The number of esters is 1. The summed E-state index contributed by atoms with van der Waals surface area (Å²) in [5, 5.41) is 9.81. The Labute approximate surface area is 292 Å². The van der Waals surface area contributed by atoms with Gasteiger partial charge in [0.15, 0.2) is 0 Å². The van der Waals surface area contributed by atoms with E-state index in [9.17, 15) is 24.3 Å². The summed E-state index contributed by atoms with van der Waals surface area (Å²) in [5.41, 5.74) is 0.622. The molecule has 2 saturated heterocycles. The number of hydrogen-bond donors (Lipinski definition) is 1. The predicted molar refractivity (Wildman–Crippen MR) is 185 cm³/mol. The minimum Gasteiger partial charge on any atom is -0.455 e. The Bertz CT molecular complexity index is 1630. The second kappa shape index (κ2) is 14.5. The first kappa shape index (κ1) is 34.9. The Kier molecular flexibility index (Phi) is 10.3. The lowest BCUT2D eigenvalue weighted by molar-refractivity contribution is -0.164. The average molecular weight is 690 g/mol. The second-order valence-electron chi connectivity index (χ2n) is 13.4. The SMILES string of the molecule is Cc1cccc(Cl)c1N1CC=C[C@]23O[C@@H]4/C=C\CCC(=O)N(C)[C@H](C)[C@@H](c5ccccc5)OC(=O)[C@@H]4[C@H]2C(=O)N(CCCCCO)[C@@H]3C1=O. The minimum atomic E-state index is -1.46. The van der Waals surface area contributed by atoms with Gasteiger partial charge in [0.2, 0.25) is 11.8 Å². The number of fused-ring (bicyclic) bond motifs is 2. The molecule has 0 radical (unpaired) electrons. The van der Waals surface area contributed by atoms with Crippen molar-refractivity contribution >= 4 is 41.0 Å². The van der Waals surface area contributed by atoms with Gasteiger partial charge in [-0.25, -0.2) is 0 Å². The number of amides is 3. The van der Waals surface area contributed by atoms with Crippen LogP contribution in [0.25, 0.3) is 0 Å². The quantitative estimate of drug-likeness (QED) is 0.253. The lowest BCUT2D eigenvalue weighted by Gasteiger charge is -2.36. The molecule has 4 heterocycles. The van der Waals surface area contributed by atoms with Crippen LogP contribution in [0.2, 0.25) is 5.02 Å². The van der Waals surface area contributed by atoms with E-state index in [4.69, 9.17) is 21.1 Å². The van der Waals surface area contributed by atoms with Gasteiger partial charge in [-0.05, 0) is 56.7 Å². The number of likely N-dealkylation sites (N-methyl/N-ethyl adjacent to an activating group) is 1. The molecule has 2 aromatic rings. The molecule has 2 fully saturated rings. The van der Waals surface area contributed by atoms with Crippen molar-refractivity contribution in [1.29, 1.82) is 0 Å². The van der Waals surface area contributed by atoms with E-state index in [1.54, 1.807) is 40.0 Å². The first-order chi connectivity index (χ1) is 23.6. The third kappa shape index (κ3) is 6.30. The van der Waals surface area contributed by atoms with Crippen LogP contribution in [0.5, 0.6) is 0 Å². The van der Waals surface area contributed by atoms with Crippen LogP contribution in [0.3, 0.4) is 0 Å². The van der Waals surface area contributed by atoms with E-state index in [0.29, 0.717) is 36.4 Å². The number of benzene rings is 2. The zero-order valence-corrected chi connectivity index (χ0v) is 28.9. The Morgan fingerprint density at radius 1 is 0.980 bits per heavy atom. The highest BCUT2D eigenvalue weighted by Crippen LogP contribution is 2.54. The Morgan fingerprint density at radius 3 is 2.49 bits per heavy atom. The van der Waals surface area contributed by atoms with Crippen LogP contribution in [-0.4, -0.2) is 89.1 Å². The van der Waals surface area contributed by atoms with Crippen molar-refractivity contribution in [3.05, 3.63) is 89.0 Å². The van der Waals surface area contributed by atoms with Crippen molar-refractivity contribution < 1.29 is 33.8 Å².